The number of hydrogen-bond donors (Lipinski definition) is 1. The van der Waals surface area contributed by atoms with Crippen molar-refractivity contribution in [2.75, 3.05) is 13.1 Å². The first kappa shape index (κ1) is 15.1. The van der Waals surface area contributed by atoms with Gasteiger partial charge in [-0.3, -0.25) is 9.88 Å². The summed E-state index contributed by atoms with van der Waals surface area (Å²) in [6.45, 7) is 6.66. The van der Waals surface area contributed by atoms with Gasteiger partial charge in [-0.05, 0) is 26.0 Å². The third-order valence-corrected chi connectivity index (χ3v) is 3.65. The molecule has 0 saturated carbocycles. The van der Waals surface area contributed by atoms with Crippen LogP contribution in [0.1, 0.15) is 25.2 Å². The van der Waals surface area contributed by atoms with Crippen molar-refractivity contribution in [2.45, 2.75) is 39.2 Å². The molecule has 2 aromatic heterocycles. The molecule has 0 unspecified atom stereocenters. The fourth-order valence-corrected chi connectivity index (χ4v) is 2.83. The Morgan fingerprint density at radius 3 is 2.77 bits per heavy atom. The Morgan fingerprint density at radius 2 is 2.05 bits per heavy atom. The molecule has 3 rings (SSSR count). The summed E-state index contributed by atoms with van der Waals surface area (Å²) in [5.41, 5.74) is 2.38. The van der Waals surface area contributed by atoms with E-state index in [1.165, 1.54) is 0 Å². The standard InChI is InChI=1S/C15H21N5O2/c1-11-6-19(7-12(2)22-11)8-14-9-20(18-17-14)15-3-4-16-13(5-15)10-21/h3-5,9,11-12,21H,6-8,10H2,1-2H3/t11-,12+. The molecule has 2 aromatic rings. The minimum atomic E-state index is -0.0844. The monoisotopic (exact) mass is 303 g/mol. The Balaban J connectivity index is 1.70. The maximum atomic E-state index is 9.15. The molecule has 0 aromatic carbocycles. The zero-order chi connectivity index (χ0) is 15.5. The van der Waals surface area contributed by atoms with E-state index in [0.717, 1.165) is 31.0 Å². The lowest BCUT2D eigenvalue weighted by atomic mass is 10.2. The summed E-state index contributed by atoms with van der Waals surface area (Å²) in [6.07, 6.45) is 4.06. The Morgan fingerprint density at radius 1 is 1.27 bits per heavy atom. The Hall–Kier alpha value is -1.83. The van der Waals surface area contributed by atoms with Crippen LogP contribution in [0.5, 0.6) is 0 Å². The Kier molecular flexibility index (Phi) is 4.47. The van der Waals surface area contributed by atoms with Crippen molar-refractivity contribution in [2.24, 2.45) is 0 Å². The van der Waals surface area contributed by atoms with E-state index in [1.807, 2.05) is 12.3 Å². The molecule has 0 spiro atoms. The summed E-state index contributed by atoms with van der Waals surface area (Å²) < 4.78 is 7.45. The largest absolute Gasteiger partial charge is 0.390 e. The van der Waals surface area contributed by atoms with Crippen molar-refractivity contribution >= 4 is 0 Å². The summed E-state index contributed by atoms with van der Waals surface area (Å²) in [6, 6.07) is 3.65. The highest BCUT2D eigenvalue weighted by atomic mass is 16.5. The topological polar surface area (TPSA) is 76.3 Å². The highest BCUT2D eigenvalue weighted by molar-refractivity contribution is 5.30. The van der Waals surface area contributed by atoms with Crippen LogP contribution in [0.4, 0.5) is 0 Å². The van der Waals surface area contributed by atoms with E-state index in [0.29, 0.717) is 5.69 Å². The lowest BCUT2D eigenvalue weighted by Gasteiger charge is -2.34. The Bertz CT molecular complexity index is 620. The summed E-state index contributed by atoms with van der Waals surface area (Å²) in [5.74, 6) is 0. The van der Waals surface area contributed by atoms with Gasteiger partial charge in [-0.2, -0.15) is 0 Å². The molecule has 1 aliphatic rings. The van der Waals surface area contributed by atoms with Gasteiger partial charge >= 0.3 is 0 Å². The van der Waals surface area contributed by atoms with E-state index in [1.54, 1.807) is 16.9 Å². The molecular weight excluding hydrogens is 282 g/mol. The molecule has 22 heavy (non-hydrogen) atoms. The fraction of sp³-hybridized carbons (Fsp3) is 0.533. The van der Waals surface area contributed by atoms with Crippen LogP contribution in [0.15, 0.2) is 24.5 Å². The third kappa shape index (κ3) is 3.49. The molecule has 1 aliphatic heterocycles. The zero-order valence-corrected chi connectivity index (χ0v) is 12.9. The molecule has 3 heterocycles. The lowest BCUT2D eigenvalue weighted by molar-refractivity contribution is -0.0707. The molecule has 1 saturated heterocycles. The van der Waals surface area contributed by atoms with Crippen molar-refractivity contribution in [3.8, 4) is 5.69 Å². The van der Waals surface area contributed by atoms with Crippen molar-refractivity contribution in [1.29, 1.82) is 0 Å². The smallest absolute Gasteiger partial charge is 0.0971 e. The van der Waals surface area contributed by atoms with Crippen molar-refractivity contribution < 1.29 is 9.84 Å². The molecule has 0 aliphatic carbocycles. The predicted molar refractivity (Wildman–Crippen MR) is 80.4 cm³/mol. The van der Waals surface area contributed by atoms with Gasteiger partial charge in [0.05, 0.1) is 42.1 Å². The van der Waals surface area contributed by atoms with E-state index >= 15 is 0 Å². The maximum absolute atomic E-state index is 9.15. The first-order chi connectivity index (χ1) is 10.6. The van der Waals surface area contributed by atoms with E-state index in [2.05, 4.69) is 34.0 Å². The van der Waals surface area contributed by atoms with E-state index in [4.69, 9.17) is 9.84 Å². The highest BCUT2D eigenvalue weighted by Gasteiger charge is 2.22. The molecule has 0 bridgehead atoms. The summed E-state index contributed by atoms with van der Waals surface area (Å²) in [4.78, 5) is 6.40. The normalized spacial score (nSPS) is 22.9. The number of rotatable bonds is 4. The zero-order valence-electron chi connectivity index (χ0n) is 12.9. The first-order valence-electron chi connectivity index (χ1n) is 7.49. The SMILES string of the molecule is C[C@@H]1CN(Cc2cn(-c3ccnc(CO)c3)nn2)C[C@H](C)O1. The average Bonchev–Trinajstić information content (AvgIpc) is 2.95. The van der Waals surface area contributed by atoms with Crippen molar-refractivity contribution in [3.63, 3.8) is 0 Å². The van der Waals surface area contributed by atoms with Gasteiger partial charge in [0.1, 0.15) is 0 Å². The van der Waals surface area contributed by atoms with Gasteiger partial charge in [-0.25, -0.2) is 4.68 Å². The van der Waals surface area contributed by atoms with Crippen molar-refractivity contribution in [1.82, 2.24) is 24.9 Å². The van der Waals surface area contributed by atoms with Gasteiger partial charge in [0.15, 0.2) is 0 Å². The van der Waals surface area contributed by atoms with Crippen LogP contribution in [-0.2, 0) is 17.9 Å². The van der Waals surface area contributed by atoms with Gasteiger partial charge < -0.3 is 9.84 Å². The second-order valence-electron chi connectivity index (χ2n) is 5.77. The summed E-state index contributed by atoms with van der Waals surface area (Å²) in [7, 11) is 0. The molecule has 0 radical (unpaired) electrons. The predicted octanol–water partition coefficient (Wildman–Crippen LogP) is 0.764. The second-order valence-corrected chi connectivity index (χ2v) is 5.77. The van der Waals surface area contributed by atoms with E-state index in [-0.39, 0.29) is 18.8 Å². The van der Waals surface area contributed by atoms with Gasteiger partial charge in [-0.1, -0.05) is 5.21 Å². The number of aromatic nitrogens is 4. The van der Waals surface area contributed by atoms with Crippen LogP contribution in [0.25, 0.3) is 5.69 Å². The van der Waals surface area contributed by atoms with Crippen LogP contribution >= 0.6 is 0 Å². The quantitative estimate of drug-likeness (QED) is 0.899. The Labute approximate surface area is 129 Å². The molecule has 1 fully saturated rings. The molecule has 7 heteroatoms. The molecular formula is C15H21N5O2. The lowest BCUT2D eigenvalue weighted by Crippen LogP contribution is -2.44. The van der Waals surface area contributed by atoms with Crippen LogP contribution in [-0.4, -0.2) is 55.3 Å². The fourth-order valence-electron chi connectivity index (χ4n) is 2.83. The maximum Gasteiger partial charge on any atom is 0.0971 e. The van der Waals surface area contributed by atoms with Gasteiger partial charge in [0.2, 0.25) is 0 Å². The number of hydrogen-bond acceptors (Lipinski definition) is 6. The summed E-state index contributed by atoms with van der Waals surface area (Å²) in [5, 5.41) is 17.6. The second kappa shape index (κ2) is 6.51. The van der Waals surface area contributed by atoms with Gasteiger partial charge in [0, 0.05) is 25.8 Å². The molecule has 0 amide bonds. The summed E-state index contributed by atoms with van der Waals surface area (Å²) >= 11 is 0. The van der Waals surface area contributed by atoms with E-state index < -0.39 is 0 Å². The number of morpholine rings is 1. The average molecular weight is 303 g/mol. The van der Waals surface area contributed by atoms with Crippen LogP contribution in [0, 0.1) is 0 Å². The minimum absolute atomic E-state index is 0.0844. The van der Waals surface area contributed by atoms with Crippen LogP contribution in [0.2, 0.25) is 0 Å². The highest BCUT2D eigenvalue weighted by Crippen LogP contribution is 2.14. The van der Waals surface area contributed by atoms with Crippen LogP contribution in [0.3, 0.4) is 0 Å². The molecule has 2 atom stereocenters. The molecule has 7 nitrogen and oxygen atoms in total. The number of ether oxygens (including phenoxy) is 1. The van der Waals surface area contributed by atoms with Gasteiger partial charge in [0.25, 0.3) is 0 Å². The molecule has 1 N–H and O–H groups in total. The third-order valence-electron chi connectivity index (χ3n) is 3.65. The number of aliphatic hydroxyl groups excluding tert-OH is 1. The van der Waals surface area contributed by atoms with Crippen LogP contribution < -0.4 is 0 Å². The number of pyridine rings is 1. The van der Waals surface area contributed by atoms with Gasteiger partial charge in [-0.15, -0.1) is 5.10 Å². The van der Waals surface area contributed by atoms with Crippen molar-refractivity contribution in [3.05, 3.63) is 35.9 Å². The number of nitrogens with zero attached hydrogens (tertiary/aromatic N) is 5. The minimum Gasteiger partial charge on any atom is -0.390 e. The first-order valence-corrected chi connectivity index (χ1v) is 7.49. The molecule has 118 valence electrons. The van der Waals surface area contributed by atoms with E-state index in [9.17, 15) is 0 Å². The number of aliphatic hydroxyl groups is 1.